The van der Waals surface area contributed by atoms with E-state index in [1.54, 1.807) is 14.0 Å². The van der Waals surface area contributed by atoms with Crippen molar-refractivity contribution < 1.29 is 31.1 Å². The fraction of sp³-hybridized carbons (Fsp3) is 0.462. The molecular weight excluding hydrogens is 337 g/mol. The van der Waals surface area contributed by atoms with Gasteiger partial charge in [-0.2, -0.15) is 0 Å². The lowest BCUT2D eigenvalue weighted by Crippen LogP contribution is -2.32. The number of halogens is 3. The van der Waals surface area contributed by atoms with Crippen molar-refractivity contribution in [3.8, 4) is 5.75 Å². The van der Waals surface area contributed by atoms with Crippen molar-refractivity contribution in [2.24, 2.45) is 0 Å². The Bertz CT molecular complexity index is 630. The Labute approximate surface area is 132 Å². The molecule has 0 bridgehead atoms. The van der Waals surface area contributed by atoms with Gasteiger partial charge in [-0.25, -0.2) is 13.1 Å². The first kappa shape index (κ1) is 19.2. The van der Waals surface area contributed by atoms with E-state index < -0.39 is 22.1 Å². The first-order valence-electron chi connectivity index (χ1n) is 6.64. The van der Waals surface area contributed by atoms with Gasteiger partial charge < -0.3 is 9.64 Å². The normalized spacial score (nSPS) is 12.0. The van der Waals surface area contributed by atoms with Crippen molar-refractivity contribution in [2.45, 2.75) is 24.6 Å². The molecule has 0 aliphatic carbocycles. The number of nitrogens with zero attached hydrogens (tertiary/aromatic N) is 1. The van der Waals surface area contributed by atoms with Crippen molar-refractivity contribution in [3.05, 3.63) is 24.3 Å². The number of ether oxygens (including phenoxy) is 1. The highest BCUT2D eigenvalue weighted by atomic mass is 32.2. The van der Waals surface area contributed by atoms with Crippen LogP contribution in [-0.2, 0) is 14.8 Å². The highest BCUT2D eigenvalue weighted by Gasteiger charge is 2.31. The van der Waals surface area contributed by atoms with Gasteiger partial charge in [0.05, 0.1) is 4.90 Å². The van der Waals surface area contributed by atoms with E-state index in [0.717, 1.165) is 24.3 Å². The third-order valence-electron chi connectivity index (χ3n) is 2.90. The fourth-order valence-electron chi connectivity index (χ4n) is 1.56. The van der Waals surface area contributed by atoms with Crippen LogP contribution in [0.1, 0.15) is 13.3 Å². The summed E-state index contributed by atoms with van der Waals surface area (Å²) in [7, 11) is -2.31. The van der Waals surface area contributed by atoms with Crippen molar-refractivity contribution in [1.82, 2.24) is 9.62 Å². The van der Waals surface area contributed by atoms with Crippen LogP contribution >= 0.6 is 0 Å². The van der Waals surface area contributed by atoms with Crippen LogP contribution in [0.4, 0.5) is 13.2 Å². The lowest BCUT2D eigenvalue weighted by atomic mass is 10.3. The predicted molar refractivity (Wildman–Crippen MR) is 76.2 cm³/mol. The van der Waals surface area contributed by atoms with E-state index in [1.165, 1.54) is 4.90 Å². The topological polar surface area (TPSA) is 75.7 Å². The maximum atomic E-state index is 12.0. The molecule has 130 valence electrons. The van der Waals surface area contributed by atoms with Gasteiger partial charge >= 0.3 is 6.36 Å². The molecule has 0 spiro atoms. The average Bonchev–Trinajstić information content (AvgIpc) is 2.45. The standard InChI is InChI=1S/C13H17F3N2O4S/c1-3-18(2)12(19)8-9-17-23(20,21)11-6-4-10(5-7-11)22-13(14,15)16/h4-7,17H,3,8-9H2,1-2H3. The smallest absolute Gasteiger partial charge is 0.406 e. The molecule has 0 saturated heterocycles. The molecule has 0 atom stereocenters. The van der Waals surface area contributed by atoms with Gasteiger partial charge in [0, 0.05) is 26.6 Å². The second kappa shape index (κ2) is 7.64. The van der Waals surface area contributed by atoms with Gasteiger partial charge in [-0.3, -0.25) is 4.79 Å². The molecule has 0 saturated carbocycles. The number of sulfonamides is 1. The van der Waals surface area contributed by atoms with Crippen molar-refractivity contribution >= 4 is 15.9 Å². The second-order valence-corrected chi connectivity index (χ2v) is 6.34. The van der Waals surface area contributed by atoms with Crippen LogP contribution in [0.15, 0.2) is 29.2 Å². The number of rotatable bonds is 7. The molecule has 0 heterocycles. The van der Waals surface area contributed by atoms with Crippen molar-refractivity contribution in [1.29, 1.82) is 0 Å². The molecule has 23 heavy (non-hydrogen) atoms. The molecule has 0 aliphatic heterocycles. The summed E-state index contributed by atoms with van der Waals surface area (Å²) in [6.45, 7) is 2.19. The van der Waals surface area contributed by atoms with E-state index in [1.807, 2.05) is 0 Å². The number of hydrogen-bond donors (Lipinski definition) is 1. The Kier molecular flexibility index (Phi) is 6.39. The highest BCUT2D eigenvalue weighted by molar-refractivity contribution is 7.89. The average molecular weight is 354 g/mol. The number of carbonyl (C=O) groups excluding carboxylic acids is 1. The summed E-state index contributed by atoms with van der Waals surface area (Å²) in [5.74, 6) is -0.736. The maximum Gasteiger partial charge on any atom is 0.573 e. The molecule has 1 rings (SSSR count). The fourth-order valence-corrected chi connectivity index (χ4v) is 2.60. The molecule has 1 aromatic rings. The van der Waals surface area contributed by atoms with E-state index in [9.17, 15) is 26.4 Å². The summed E-state index contributed by atoms with van der Waals surface area (Å²) >= 11 is 0. The van der Waals surface area contributed by atoms with Gasteiger partial charge in [0.25, 0.3) is 0 Å². The molecule has 6 nitrogen and oxygen atoms in total. The molecule has 1 N–H and O–H groups in total. The summed E-state index contributed by atoms with van der Waals surface area (Å²) in [4.78, 5) is 12.8. The van der Waals surface area contributed by atoms with Gasteiger partial charge in [-0.1, -0.05) is 0 Å². The minimum atomic E-state index is -4.84. The predicted octanol–water partition coefficient (Wildman–Crippen LogP) is 1.73. The second-order valence-electron chi connectivity index (χ2n) is 4.57. The number of hydrogen-bond acceptors (Lipinski definition) is 4. The molecule has 0 radical (unpaired) electrons. The first-order valence-corrected chi connectivity index (χ1v) is 8.13. The molecular formula is C13H17F3N2O4S. The zero-order valence-corrected chi connectivity index (χ0v) is 13.4. The van der Waals surface area contributed by atoms with E-state index >= 15 is 0 Å². The number of benzene rings is 1. The zero-order valence-electron chi connectivity index (χ0n) is 12.6. The minimum absolute atomic E-state index is 0.0150. The Morgan fingerprint density at radius 2 is 1.83 bits per heavy atom. The van der Waals surface area contributed by atoms with Crippen molar-refractivity contribution in [2.75, 3.05) is 20.1 Å². The number of amides is 1. The van der Waals surface area contributed by atoms with E-state index in [-0.39, 0.29) is 23.8 Å². The van der Waals surface area contributed by atoms with Gasteiger partial charge in [-0.05, 0) is 31.2 Å². The van der Waals surface area contributed by atoms with E-state index in [2.05, 4.69) is 9.46 Å². The van der Waals surface area contributed by atoms with Crippen LogP contribution in [0.2, 0.25) is 0 Å². The van der Waals surface area contributed by atoms with Crippen LogP contribution in [0.5, 0.6) is 5.75 Å². The van der Waals surface area contributed by atoms with Gasteiger partial charge in [0.15, 0.2) is 0 Å². The Balaban J connectivity index is 2.65. The van der Waals surface area contributed by atoms with Gasteiger partial charge in [0.2, 0.25) is 15.9 Å². The number of nitrogens with one attached hydrogen (secondary N) is 1. The number of alkyl halides is 3. The summed E-state index contributed by atoms with van der Waals surface area (Å²) in [6.07, 6.45) is -4.86. The van der Waals surface area contributed by atoms with E-state index in [4.69, 9.17) is 0 Å². The maximum absolute atomic E-state index is 12.0. The monoisotopic (exact) mass is 354 g/mol. The largest absolute Gasteiger partial charge is 0.573 e. The minimum Gasteiger partial charge on any atom is -0.406 e. The molecule has 1 amide bonds. The van der Waals surface area contributed by atoms with Crippen LogP contribution in [-0.4, -0.2) is 45.7 Å². The van der Waals surface area contributed by atoms with Crippen LogP contribution in [0, 0.1) is 0 Å². The van der Waals surface area contributed by atoms with Crippen LogP contribution < -0.4 is 9.46 Å². The molecule has 10 heteroatoms. The Morgan fingerprint density at radius 1 is 1.26 bits per heavy atom. The molecule has 1 aromatic carbocycles. The molecule has 0 aromatic heterocycles. The van der Waals surface area contributed by atoms with Gasteiger partial charge in [-0.15, -0.1) is 13.2 Å². The lowest BCUT2D eigenvalue weighted by molar-refractivity contribution is -0.274. The van der Waals surface area contributed by atoms with Crippen LogP contribution in [0.25, 0.3) is 0 Å². The third-order valence-corrected chi connectivity index (χ3v) is 4.38. The van der Waals surface area contributed by atoms with Crippen molar-refractivity contribution in [3.63, 3.8) is 0 Å². The summed E-state index contributed by atoms with van der Waals surface area (Å²) in [5, 5.41) is 0. The number of carbonyl (C=O) groups is 1. The van der Waals surface area contributed by atoms with Gasteiger partial charge in [0.1, 0.15) is 5.75 Å². The zero-order chi connectivity index (χ0) is 17.7. The summed E-state index contributed by atoms with van der Waals surface area (Å²) < 4.78 is 65.8. The summed E-state index contributed by atoms with van der Waals surface area (Å²) in [6, 6.07) is 3.78. The Hall–Kier alpha value is -1.81. The molecule has 0 unspecified atom stereocenters. The van der Waals surface area contributed by atoms with E-state index in [0.29, 0.717) is 6.54 Å². The molecule has 0 fully saturated rings. The quantitative estimate of drug-likeness (QED) is 0.809. The first-order chi connectivity index (χ1) is 10.5. The Morgan fingerprint density at radius 3 is 2.30 bits per heavy atom. The highest BCUT2D eigenvalue weighted by Crippen LogP contribution is 2.23. The lowest BCUT2D eigenvalue weighted by Gasteiger charge is -2.14. The third kappa shape index (κ3) is 6.45. The molecule has 0 aliphatic rings. The SMILES string of the molecule is CCN(C)C(=O)CCNS(=O)(=O)c1ccc(OC(F)(F)F)cc1. The summed E-state index contributed by atoms with van der Waals surface area (Å²) in [5.41, 5.74) is 0. The van der Waals surface area contributed by atoms with Crippen LogP contribution in [0.3, 0.4) is 0 Å².